The summed E-state index contributed by atoms with van der Waals surface area (Å²) in [5, 5.41) is 1.86. The van der Waals surface area contributed by atoms with Gasteiger partial charge in [0, 0.05) is 13.1 Å². The van der Waals surface area contributed by atoms with Crippen LogP contribution in [0.4, 0.5) is 18.0 Å². The number of amides is 2. The molecule has 0 aromatic carbocycles. The van der Waals surface area contributed by atoms with Crippen LogP contribution in [0.3, 0.4) is 0 Å². The predicted octanol–water partition coefficient (Wildman–Crippen LogP) is 1.92. The fourth-order valence-corrected chi connectivity index (χ4v) is 2.66. The summed E-state index contributed by atoms with van der Waals surface area (Å²) in [4.78, 5) is 24.4. The van der Waals surface area contributed by atoms with Crippen molar-refractivity contribution in [3.05, 3.63) is 0 Å². The number of carbonyl (C=O) groups excluding carboxylic acids is 2. The number of hydrogen-bond acceptors (Lipinski definition) is 3. The van der Waals surface area contributed by atoms with Gasteiger partial charge in [0.1, 0.15) is 5.60 Å². The lowest BCUT2D eigenvalue weighted by Crippen LogP contribution is -2.49. The number of carbonyl (C=O) groups is 2. The highest BCUT2D eigenvalue weighted by Gasteiger charge is 2.55. The molecule has 0 aromatic rings. The largest absolute Gasteiger partial charge is 0.471 e. The van der Waals surface area contributed by atoms with Crippen LogP contribution in [-0.2, 0) is 9.53 Å². The molecule has 0 spiro atoms. The van der Waals surface area contributed by atoms with Gasteiger partial charge >= 0.3 is 18.2 Å². The summed E-state index contributed by atoms with van der Waals surface area (Å²) in [5.74, 6) is -1.51. The van der Waals surface area contributed by atoms with Crippen LogP contribution < -0.4 is 5.32 Å². The molecule has 0 aromatic heterocycles. The Morgan fingerprint density at radius 2 is 1.90 bits per heavy atom. The molecule has 5 nitrogen and oxygen atoms in total. The zero-order chi connectivity index (χ0) is 16.0. The van der Waals surface area contributed by atoms with Crippen molar-refractivity contribution in [2.24, 2.45) is 11.8 Å². The fourth-order valence-electron chi connectivity index (χ4n) is 2.66. The van der Waals surface area contributed by atoms with E-state index in [2.05, 4.69) is 0 Å². The number of ether oxygens (including phenoxy) is 1. The average molecular weight is 308 g/mol. The Labute approximate surface area is 120 Å². The number of nitrogens with one attached hydrogen (secondary N) is 1. The predicted molar refractivity (Wildman–Crippen MR) is 67.4 cm³/mol. The molecule has 2 amide bonds. The second-order valence-electron chi connectivity index (χ2n) is 6.57. The SMILES string of the molecule is CC(C)(C)OC(=O)N1C[C@@H]2C[C@@H]2[C@H]1CNC(=O)C(F)(F)F. The van der Waals surface area contributed by atoms with E-state index in [1.165, 1.54) is 4.90 Å². The molecule has 2 fully saturated rings. The molecule has 8 heteroatoms. The molecule has 3 atom stereocenters. The standard InChI is InChI=1S/C13H19F3N2O3/c1-12(2,3)21-11(20)18-6-7-4-8(7)9(18)5-17-10(19)13(14,15)16/h7-9H,4-6H2,1-3H3,(H,17,19)/t7-,8-,9+/m0/s1. The molecular formula is C13H19F3N2O3. The van der Waals surface area contributed by atoms with Crippen LogP contribution in [-0.4, -0.2) is 47.8 Å². The van der Waals surface area contributed by atoms with Gasteiger partial charge < -0.3 is 15.0 Å². The first-order valence-corrected chi connectivity index (χ1v) is 6.83. The number of rotatable bonds is 2. The van der Waals surface area contributed by atoms with E-state index in [0.29, 0.717) is 12.5 Å². The van der Waals surface area contributed by atoms with Gasteiger partial charge in [-0.05, 0) is 39.0 Å². The Kier molecular flexibility index (Phi) is 3.84. The third-order valence-corrected chi connectivity index (χ3v) is 3.66. The van der Waals surface area contributed by atoms with Gasteiger partial charge in [-0.3, -0.25) is 4.79 Å². The minimum Gasteiger partial charge on any atom is -0.444 e. The van der Waals surface area contributed by atoms with Crippen molar-refractivity contribution in [1.82, 2.24) is 10.2 Å². The molecule has 120 valence electrons. The number of fused-ring (bicyclic) bond motifs is 1. The molecule has 0 unspecified atom stereocenters. The highest BCUT2D eigenvalue weighted by atomic mass is 19.4. The topological polar surface area (TPSA) is 58.6 Å². The van der Waals surface area contributed by atoms with Crippen LogP contribution in [0, 0.1) is 11.8 Å². The number of likely N-dealkylation sites (tertiary alicyclic amines) is 1. The van der Waals surface area contributed by atoms with E-state index in [0.717, 1.165) is 6.42 Å². The van der Waals surface area contributed by atoms with Crippen LogP contribution >= 0.6 is 0 Å². The quantitative estimate of drug-likeness (QED) is 0.848. The van der Waals surface area contributed by atoms with Crippen molar-refractivity contribution >= 4 is 12.0 Å². The van der Waals surface area contributed by atoms with Crippen molar-refractivity contribution in [3.63, 3.8) is 0 Å². The molecule has 1 heterocycles. The van der Waals surface area contributed by atoms with Gasteiger partial charge in [0.05, 0.1) is 6.04 Å². The normalized spacial score (nSPS) is 28.1. The maximum atomic E-state index is 12.2. The molecule has 1 aliphatic carbocycles. The van der Waals surface area contributed by atoms with Crippen LogP contribution in [0.25, 0.3) is 0 Å². The van der Waals surface area contributed by atoms with Crippen LogP contribution in [0.1, 0.15) is 27.2 Å². The molecule has 2 aliphatic rings. The summed E-state index contributed by atoms with van der Waals surface area (Å²) in [6.45, 7) is 5.46. The monoisotopic (exact) mass is 308 g/mol. The van der Waals surface area contributed by atoms with Gasteiger partial charge in [-0.1, -0.05) is 0 Å². The zero-order valence-corrected chi connectivity index (χ0v) is 12.2. The van der Waals surface area contributed by atoms with Gasteiger partial charge in [0.2, 0.25) is 0 Å². The van der Waals surface area contributed by atoms with Gasteiger partial charge in [-0.25, -0.2) is 4.79 Å². The average Bonchev–Trinajstić information content (AvgIpc) is 2.96. The van der Waals surface area contributed by atoms with E-state index in [9.17, 15) is 22.8 Å². The van der Waals surface area contributed by atoms with Crippen LogP contribution in [0.15, 0.2) is 0 Å². The first kappa shape index (κ1) is 15.9. The molecule has 1 N–H and O–H groups in total. The molecule has 1 saturated heterocycles. The number of nitrogens with zero attached hydrogens (tertiary/aromatic N) is 1. The molecule has 1 saturated carbocycles. The Balaban J connectivity index is 1.94. The lowest BCUT2D eigenvalue weighted by Gasteiger charge is -2.30. The van der Waals surface area contributed by atoms with E-state index < -0.39 is 29.8 Å². The third kappa shape index (κ3) is 3.79. The number of hydrogen-bond donors (Lipinski definition) is 1. The molecule has 1 aliphatic heterocycles. The van der Waals surface area contributed by atoms with E-state index in [1.54, 1.807) is 20.8 Å². The van der Waals surface area contributed by atoms with Crippen molar-refractivity contribution < 1.29 is 27.5 Å². The Bertz CT molecular complexity index is 445. The second-order valence-corrected chi connectivity index (χ2v) is 6.57. The lowest BCUT2D eigenvalue weighted by molar-refractivity contribution is -0.173. The summed E-state index contributed by atoms with van der Waals surface area (Å²) >= 11 is 0. The van der Waals surface area contributed by atoms with Gasteiger partial charge in [0.15, 0.2) is 0 Å². The fraction of sp³-hybridized carbons (Fsp3) is 0.846. The molecule has 0 bridgehead atoms. The minimum absolute atomic E-state index is 0.158. The number of piperidine rings is 1. The Morgan fingerprint density at radius 3 is 2.43 bits per heavy atom. The van der Waals surface area contributed by atoms with Crippen molar-refractivity contribution in [3.8, 4) is 0 Å². The van der Waals surface area contributed by atoms with E-state index in [4.69, 9.17) is 4.74 Å². The van der Waals surface area contributed by atoms with E-state index in [1.807, 2.05) is 5.32 Å². The van der Waals surface area contributed by atoms with Crippen LogP contribution in [0.5, 0.6) is 0 Å². The van der Waals surface area contributed by atoms with Gasteiger partial charge in [-0.2, -0.15) is 13.2 Å². The van der Waals surface area contributed by atoms with Gasteiger partial charge in [-0.15, -0.1) is 0 Å². The number of alkyl halides is 3. The zero-order valence-electron chi connectivity index (χ0n) is 12.2. The Hall–Kier alpha value is -1.47. The van der Waals surface area contributed by atoms with Crippen molar-refractivity contribution in [2.45, 2.75) is 45.0 Å². The lowest BCUT2D eigenvalue weighted by atomic mass is 10.2. The maximum absolute atomic E-state index is 12.2. The first-order chi connectivity index (χ1) is 9.49. The molecule has 2 rings (SSSR count). The van der Waals surface area contributed by atoms with Gasteiger partial charge in [0.25, 0.3) is 0 Å². The number of halogens is 3. The minimum atomic E-state index is -4.90. The smallest absolute Gasteiger partial charge is 0.444 e. The molecule has 21 heavy (non-hydrogen) atoms. The summed E-state index contributed by atoms with van der Waals surface area (Å²) in [6, 6.07) is -0.420. The summed E-state index contributed by atoms with van der Waals surface area (Å²) in [5.41, 5.74) is -0.663. The van der Waals surface area contributed by atoms with Crippen molar-refractivity contribution in [2.75, 3.05) is 13.1 Å². The first-order valence-electron chi connectivity index (χ1n) is 6.83. The molecular weight excluding hydrogens is 289 g/mol. The van der Waals surface area contributed by atoms with Crippen molar-refractivity contribution in [1.29, 1.82) is 0 Å². The van der Waals surface area contributed by atoms with E-state index >= 15 is 0 Å². The second kappa shape index (κ2) is 5.06. The third-order valence-electron chi connectivity index (χ3n) is 3.66. The Morgan fingerprint density at radius 1 is 1.29 bits per heavy atom. The van der Waals surface area contributed by atoms with Crippen LogP contribution in [0.2, 0.25) is 0 Å². The van der Waals surface area contributed by atoms with E-state index in [-0.39, 0.29) is 12.5 Å². The maximum Gasteiger partial charge on any atom is 0.471 e. The highest BCUT2D eigenvalue weighted by molar-refractivity contribution is 5.81. The highest BCUT2D eigenvalue weighted by Crippen LogP contribution is 2.49. The molecule has 0 radical (unpaired) electrons. The summed E-state index contributed by atoms with van der Waals surface area (Å²) < 4.78 is 41.8. The summed E-state index contributed by atoms with van der Waals surface area (Å²) in [6.07, 6.45) is -4.56. The summed E-state index contributed by atoms with van der Waals surface area (Å²) in [7, 11) is 0.